The van der Waals surface area contributed by atoms with Gasteiger partial charge in [0.25, 0.3) is 10.0 Å². The summed E-state index contributed by atoms with van der Waals surface area (Å²) >= 11 is 0. The summed E-state index contributed by atoms with van der Waals surface area (Å²) in [6.07, 6.45) is 3.13. The molecule has 2 heterocycles. The zero-order chi connectivity index (χ0) is 15.5. The van der Waals surface area contributed by atoms with E-state index in [1.165, 1.54) is 10.5 Å². The van der Waals surface area contributed by atoms with Gasteiger partial charge < -0.3 is 10.3 Å². The first-order valence-corrected chi connectivity index (χ1v) is 8.56. The van der Waals surface area contributed by atoms with Crippen molar-refractivity contribution in [3.05, 3.63) is 18.3 Å². The Morgan fingerprint density at radius 1 is 1.48 bits per heavy atom. The van der Waals surface area contributed by atoms with Crippen LogP contribution in [0.3, 0.4) is 0 Å². The van der Waals surface area contributed by atoms with Crippen molar-refractivity contribution >= 4 is 15.7 Å². The molecule has 0 spiro atoms. The predicted molar refractivity (Wildman–Crippen MR) is 82.1 cm³/mol. The number of nitrogens with two attached hydrogens (primary N) is 1. The molecule has 0 saturated carbocycles. The Balaban J connectivity index is 2.19. The molecule has 0 atom stereocenters. The van der Waals surface area contributed by atoms with E-state index in [9.17, 15) is 8.42 Å². The molecule has 21 heavy (non-hydrogen) atoms. The summed E-state index contributed by atoms with van der Waals surface area (Å²) in [4.78, 5) is 6.31. The summed E-state index contributed by atoms with van der Waals surface area (Å²) in [5, 5.41) is -0.0204. The number of nitrogen functional groups attached to an aromatic ring is 1. The standard InChI is InChI=1S/C13H23N5O2S/c1-3-18-9-6-11(7-10-18)17(2)21(19,20)13-12(16-14)5-4-8-15-13/h4-5,8,11,16H,3,6-7,9-10,14H2,1-2H3. The predicted octanol–water partition coefficient (Wildman–Crippen LogP) is 0.472. The third kappa shape index (κ3) is 3.34. The van der Waals surface area contributed by atoms with Crippen LogP contribution in [0.4, 0.5) is 5.69 Å². The highest BCUT2D eigenvalue weighted by Gasteiger charge is 2.32. The molecule has 1 aliphatic heterocycles. The highest BCUT2D eigenvalue weighted by molar-refractivity contribution is 7.89. The van der Waals surface area contributed by atoms with Crippen LogP contribution in [-0.2, 0) is 10.0 Å². The fourth-order valence-electron chi connectivity index (χ4n) is 2.64. The zero-order valence-electron chi connectivity index (χ0n) is 12.5. The lowest BCUT2D eigenvalue weighted by molar-refractivity contribution is 0.176. The van der Waals surface area contributed by atoms with Gasteiger partial charge in [-0.15, -0.1) is 0 Å². The quantitative estimate of drug-likeness (QED) is 0.606. The normalized spacial score (nSPS) is 18.1. The Bertz CT molecular complexity index is 570. The van der Waals surface area contributed by atoms with E-state index in [2.05, 4.69) is 22.2 Å². The molecule has 0 radical (unpaired) electrons. The van der Waals surface area contributed by atoms with Gasteiger partial charge in [0.2, 0.25) is 0 Å². The monoisotopic (exact) mass is 313 g/mol. The number of sulfonamides is 1. The van der Waals surface area contributed by atoms with Crippen molar-refractivity contribution in [1.82, 2.24) is 14.2 Å². The number of aromatic nitrogens is 1. The number of anilines is 1. The average Bonchev–Trinajstić information content (AvgIpc) is 2.54. The lowest BCUT2D eigenvalue weighted by Crippen LogP contribution is -2.45. The zero-order valence-corrected chi connectivity index (χ0v) is 13.3. The molecule has 1 aliphatic rings. The van der Waals surface area contributed by atoms with Crippen LogP contribution >= 0.6 is 0 Å². The Morgan fingerprint density at radius 2 is 2.14 bits per heavy atom. The van der Waals surface area contributed by atoms with Crippen molar-refractivity contribution < 1.29 is 8.42 Å². The van der Waals surface area contributed by atoms with Crippen molar-refractivity contribution in [3.8, 4) is 0 Å². The molecule has 0 bridgehead atoms. The van der Waals surface area contributed by atoms with Crippen LogP contribution in [0, 0.1) is 0 Å². The Kier molecular flexibility index (Phi) is 5.15. The molecule has 1 saturated heterocycles. The summed E-state index contributed by atoms with van der Waals surface area (Å²) in [7, 11) is -2.02. The second-order valence-electron chi connectivity index (χ2n) is 5.19. The van der Waals surface area contributed by atoms with Gasteiger partial charge in [-0.05, 0) is 44.6 Å². The van der Waals surface area contributed by atoms with Crippen molar-refractivity contribution in [1.29, 1.82) is 0 Å². The van der Waals surface area contributed by atoms with Crippen molar-refractivity contribution in [2.45, 2.75) is 30.8 Å². The molecule has 1 aromatic heterocycles. The molecule has 8 heteroatoms. The summed E-state index contributed by atoms with van der Waals surface area (Å²) in [5.74, 6) is 5.38. The number of hydrogen-bond acceptors (Lipinski definition) is 6. The largest absolute Gasteiger partial charge is 0.321 e. The number of hydrazine groups is 1. The number of rotatable bonds is 5. The Morgan fingerprint density at radius 3 is 2.71 bits per heavy atom. The summed E-state index contributed by atoms with van der Waals surface area (Å²) in [6, 6.07) is 3.26. The van der Waals surface area contributed by atoms with E-state index >= 15 is 0 Å². The first kappa shape index (κ1) is 16.2. The highest BCUT2D eigenvalue weighted by atomic mass is 32.2. The number of likely N-dealkylation sites (tertiary alicyclic amines) is 1. The second kappa shape index (κ2) is 6.69. The lowest BCUT2D eigenvalue weighted by atomic mass is 10.1. The minimum atomic E-state index is -3.64. The molecule has 2 rings (SSSR count). The lowest BCUT2D eigenvalue weighted by Gasteiger charge is -2.35. The molecule has 0 aromatic carbocycles. The summed E-state index contributed by atoms with van der Waals surface area (Å²) in [6.45, 7) is 4.97. The van der Waals surface area contributed by atoms with Gasteiger partial charge in [0.1, 0.15) is 0 Å². The fraction of sp³-hybridized carbons (Fsp3) is 0.615. The van der Waals surface area contributed by atoms with Crippen LogP contribution in [0.5, 0.6) is 0 Å². The van der Waals surface area contributed by atoms with Gasteiger partial charge >= 0.3 is 0 Å². The smallest absolute Gasteiger partial charge is 0.262 e. The van der Waals surface area contributed by atoms with Gasteiger partial charge in [0.05, 0.1) is 5.69 Å². The van der Waals surface area contributed by atoms with Crippen LogP contribution in [0.25, 0.3) is 0 Å². The molecule has 1 fully saturated rings. The van der Waals surface area contributed by atoms with Gasteiger partial charge in [0, 0.05) is 19.3 Å². The number of piperidine rings is 1. The molecular weight excluding hydrogens is 290 g/mol. The Hall–Kier alpha value is -1.22. The van der Waals surface area contributed by atoms with Crippen LogP contribution < -0.4 is 11.3 Å². The number of pyridine rings is 1. The van der Waals surface area contributed by atoms with Gasteiger partial charge in [-0.2, -0.15) is 4.31 Å². The first-order valence-electron chi connectivity index (χ1n) is 7.12. The summed E-state index contributed by atoms with van der Waals surface area (Å²) in [5.41, 5.74) is 2.71. The van der Waals surface area contributed by atoms with E-state index in [4.69, 9.17) is 5.84 Å². The molecule has 0 amide bonds. The maximum absolute atomic E-state index is 12.7. The molecule has 7 nitrogen and oxygen atoms in total. The van der Waals surface area contributed by atoms with E-state index in [-0.39, 0.29) is 11.1 Å². The third-order valence-corrected chi connectivity index (χ3v) is 5.94. The van der Waals surface area contributed by atoms with Crippen LogP contribution in [0.15, 0.2) is 23.4 Å². The van der Waals surface area contributed by atoms with E-state index < -0.39 is 10.0 Å². The first-order chi connectivity index (χ1) is 10.0. The van der Waals surface area contributed by atoms with Crippen LogP contribution in [-0.4, -0.2) is 55.3 Å². The topological polar surface area (TPSA) is 91.6 Å². The number of nitrogens with one attached hydrogen (secondary N) is 1. The van der Waals surface area contributed by atoms with E-state index in [0.717, 1.165) is 32.5 Å². The fourth-order valence-corrected chi connectivity index (χ4v) is 4.11. The van der Waals surface area contributed by atoms with Crippen LogP contribution in [0.1, 0.15) is 19.8 Å². The maximum Gasteiger partial charge on any atom is 0.262 e. The average molecular weight is 313 g/mol. The second-order valence-corrected chi connectivity index (χ2v) is 7.10. The van der Waals surface area contributed by atoms with Gasteiger partial charge in [-0.1, -0.05) is 6.92 Å². The van der Waals surface area contributed by atoms with Crippen molar-refractivity contribution in [2.24, 2.45) is 5.84 Å². The molecular formula is C13H23N5O2S. The van der Waals surface area contributed by atoms with Crippen molar-refractivity contribution in [2.75, 3.05) is 32.1 Å². The molecule has 3 N–H and O–H groups in total. The third-order valence-electron chi connectivity index (χ3n) is 4.07. The van der Waals surface area contributed by atoms with Gasteiger partial charge in [0.15, 0.2) is 5.03 Å². The van der Waals surface area contributed by atoms with Gasteiger partial charge in [-0.25, -0.2) is 13.4 Å². The minimum absolute atomic E-state index is 0.00503. The molecule has 1 aromatic rings. The van der Waals surface area contributed by atoms with E-state index in [1.807, 2.05) is 0 Å². The van der Waals surface area contributed by atoms with E-state index in [0.29, 0.717) is 5.69 Å². The van der Waals surface area contributed by atoms with Crippen molar-refractivity contribution in [3.63, 3.8) is 0 Å². The maximum atomic E-state index is 12.7. The highest BCUT2D eigenvalue weighted by Crippen LogP contribution is 2.25. The molecule has 118 valence electrons. The van der Waals surface area contributed by atoms with E-state index in [1.54, 1.807) is 19.2 Å². The molecule has 0 aliphatic carbocycles. The Labute approximate surface area is 126 Å². The number of hydrogen-bond donors (Lipinski definition) is 2. The minimum Gasteiger partial charge on any atom is -0.321 e. The summed E-state index contributed by atoms with van der Waals surface area (Å²) < 4.78 is 26.9. The SMILES string of the molecule is CCN1CCC(N(C)S(=O)(=O)c2ncccc2NN)CC1. The molecule has 0 unspecified atom stereocenters. The number of nitrogens with zero attached hydrogens (tertiary/aromatic N) is 3. The van der Waals surface area contributed by atoms with Crippen LogP contribution in [0.2, 0.25) is 0 Å². The van der Waals surface area contributed by atoms with Gasteiger partial charge in [-0.3, -0.25) is 5.84 Å².